The lowest BCUT2D eigenvalue weighted by Crippen LogP contribution is -2.40. The SMILES string of the molecule is C[C@H](OC(=O)C1(c2ccccc2F)CCCC1)C(=O)Nc1cc(F)ccc1F. The van der Waals surface area contributed by atoms with Crippen LogP contribution >= 0.6 is 0 Å². The number of esters is 1. The van der Waals surface area contributed by atoms with Gasteiger partial charge in [-0.3, -0.25) is 9.59 Å². The normalized spacial score (nSPS) is 16.4. The van der Waals surface area contributed by atoms with Gasteiger partial charge in [-0.1, -0.05) is 31.0 Å². The van der Waals surface area contributed by atoms with Gasteiger partial charge < -0.3 is 10.1 Å². The highest BCUT2D eigenvalue weighted by Gasteiger charge is 2.46. The van der Waals surface area contributed by atoms with E-state index in [1.807, 2.05) is 0 Å². The smallest absolute Gasteiger partial charge is 0.317 e. The van der Waals surface area contributed by atoms with Crippen LogP contribution in [0.4, 0.5) is 18.9 Å². The average molecular weight is 391 g/mol. The van der Waals surface area contributed by atoms with E-state index < -0.39 is 40.8 Å². The third-order valence-corrected chi connectivity index (χ3v) is 5.08. The van der Waals surface area contributed by atoms with Gasteiger partial charge in [0.05, 0.1) is 11.1 Å². The molecule has 2 aromatic carbocycles. The average Bonchev–Trinajstić information content (AvgIpc) is 3.16. The molecule has 1 fully saturated rings. The molecule has 0 heterocycles. The number of rotatable bonds is 5. The van der Waals surface area contributed by atoms with Gasteiger partial charge in [0.1, 0.15) is 17.5 Å². The van der Waals surface area contributed by atoms with Gasteiger partial charge in [0.15, 0.2) is 6.10 Å². The summed E-state index contributed by atoms with van der Waals surface area (Å²) in [4.78, 5) is 25.2. The van der Waals surface area contributed by atoms with E-state index >= 15 is 0 Å². The summed E-state index contributed by atoms with van der Waals surface area (Å²) in [6, 6.07) is 8.66. The van der Waals surface area contributed by atoms with Crippen molar-refractivity contribution in [2.24, 2.45) is 0 Å². The largest absolute Gasteiger partial charge is 0.452 e. The second-order valence-corrected chi connectivity index (χ2v) is 6.93. The van der Waals surface area contributed by atoms with Crippen LogP contribution in [0.25, 0.3) is 0 Å². The van der Waals surface area contributed by atoms with Crippen LogP contribution in [0, 0.1) is 17.5 Å². The molecule has 1 amide bonds. The first kappa shape index (κ1) is 19.9. The van der Waals surface area contributed by atoms with Crippen LogP contribution in [0.5, 0.6) is 0 Å². The zero-order valence-corrected chi connectivity index (χ0v) is 15.3. The fourth-order valence-electron chi connectivity index (χ4n) is 3.57. The molecule has 28 heavy (non-hydrogen) atoms. The van der Waals surface area contributed by atoms with Gasteiger partial charge in [-0.25, -0.2) is 13.2 Å². The van der Waals surface area contributed by atoms with Gasteiger partial charge in [-0.2, -0.15) is 0 Å². The molecule has 1 aliphatic carbocycles. The van der Waals surface area contributed by atoms with Crippen molar-refractivity contribution < 1.29 is 27.5 Å². The summed E-state index contributed by atoms with van der Waals surface area (Å²) in [5.41, 5.74) is -1.25. The molecule has 0 radical (unpaired) electrons. The number of halogens is 3. The Bertz CT molecular complexity index is 894. The fourth-order valence-corrected chi connectivity index (χ4v) is 3.57. The summed E-state index contributed by atoms with van der Waals surface area (Å²) in [6.07, 6.45) is 1.04. The number of amides is 1. The number of anilines is 1. The molecule has 1 saturated carbocycles. The molecule has 2 aromatic rings. The summed E-state index contributed by atoms with van der Waals surface area (Å²) in [5.74, 6) is -3.53. The predicted molar refractivity (Wildman–Crippen MR) is 97.1 cm³/mol. The molecule has 7 heteroatoms. The number of ether oxygens (including phenoxy) is 1. The van der Waals surface area contributed by atoms with Crippen LogP contribution in [0.15, 0.2) is 42.5 Å². The van der Waals surface area contributed by atoms with Crippen LogP contribution in [0.1, 0.15) is 38.2 Å². The highest BCUT2D eigenvalue weighted by Crippen LogP contribution is 2.43. The van der Waals surface area contributed by atoms with Crippen molar-refractivity contribution in [2.75, 3.05) is 5.32 Å². The molecule has 3 rings (SSSR count). The van der Waals surface area contributed by atoms with Crippen molar-refractivity contribution in [1.29, 1.82) is 0 Å². The second kappa shape index (κ2) is 8.04. The van der Waals surface area contributed by atoms with E-state index in [1.54, 1.807) is 12.1 Å². The summed E-state index contributed by atoms with van der Waals surface area (Å²) in [5, 5.41) is 2.21. The van der Waals surface area contributed by atoms with E-state index in [-0.39, 0.29) is 11.3 Å². The monoisotopic (exact) mass is 391 g/mol. The van der Waals surface area contributed by atoms with Crippen LogP contribution in [-0.2, 0) is 19.7 Å². The Kier molecular flexibility index (Phi) is 5.72. The van der Waals surface area contributed by atoms with Gasteiger partial charge in [0, 0.05) is 11.6 Å². The Morgan fingerprint density at radius 3 is 2.39 bits per heavy atom. The number of benzene rings is 2. The van der Waals surface area contributed by atoms with Crippen molar-refractivity contribution >= 4 is 17.6 Å². The molecular weight excluding hydrogens is 371 g/mol. The maximum Gasteiger partial charge on any atom is 0.317 e. The Morgan fingerprint density at radius 1 is 1.04 bits per heavy atom. The van der Waals surface area contributed by atoms with Gasteiger partial charge in [0.2, 0.25) is 0 Å². The Labute approximate surface area is 160 Å². The zero-order chi connectivity index (χ0) is 20.3. The standard InChI is InChI=1S/C21H20F3NO3/c1-13(19(26)25-18-12-14(22)8-9-17(18)24)28-20(27)21(10-4-5-11-21)15-6-2-3-7-16(15)23/h2-3,6-9,12-13H,4-5,10-11H2,1H3,(H,25,26)/t13-/m0/s1. The molecule has 1 aliphatic rings. The predicted octanol–water partition coefficient (Wildman–Crippen LogP) is 4.49. The Balaban J connectivity index is 1.76. The number of nitrogens with one attached hydrogen (secondary N) is 1. The first-order valence-electron chi connectivity index (χ1n) is 9.05. The molecule has 1 N–H and O–H groups in total. The van der Waals surface area contributed by atoms with E-state index in [0.29, 0.717) is 12.8 Å². The lowest BCUT2D eigenvalue weighted by atomic mass is 9.78. The number of carbonyl (C=O) groups excluding carboxylic acids is 2. The highest BCUT2D eigenvalue weighted by molar-refractivity contribution is 5.96. The molecule has 0 bridgehead atoms. The van der Waals surface area contributed by atoms with E-state index in [1.165, 1.54) is 19.1 Å². The van der Waals surface area contributed by atoms with Gasteiger partial charge in [-0.05, 0) is 38.0 Å². The summed E-state index contributed by atoms with van der Waals surface area (Å²) >= 11 is 0. The Hall–Kier alpha value is -2.83. The molecule has 0 aliphatic heterocycles. The minimum absolute atomic E-state index is 0.251. The minimum Gasteiger partial charge on any atom is -0.452 e. The van der Waals surface area contributed by atoms with Crippen molar-refractivity contribution in [3.8, 4) is 0 Å². The van der Waals surface area contributed by atoms with Crippen molar-refractivity contribution in [3.05, 3.63) is 65.5 Å². The lowest BCUT2D eigenvalue weighted by Gasteiger charge is -2.29. The quantitative estimate of drug-likeness (QED) is 0.765. The van der Waals surface area contributed by atoms with Gasteiger partial charge >= 0.3 is 5.97 Å². The fraction of sp³-hybridized carbons (Fsp3) is 0.333. The molecule has 148 valence electrons. The molecule has 4 nitrogen and oxygen atoms in total. The summed E-state index contributed by atoms with van der Waals surface area (Å²) < 4.78 is 46.6. The van der Waals surface area contributed by atoms with E-state index in [2.05, 4.69) is 5.32 Å². The molecule has 0 unspecified atom stereocenters. The zero-order valence-electron chi connectivity index (χ0n) is 15.3. The number of hydrogen-bond acceptors (Lipinski definition) is 3. The van der Waals surface area contributed by atoms with Crippen molar-refractivity contribution in [2.45, 2.75) is 44.1 Å². The first-order chi connectivity index (χ1) is 13.3. The summed E-state index contributed by atoms with van der Waals surface area (Å²) in [7, 11) is 0. The Morgan fingerprint density at radius 2 is 1.71 bits per heavy atom. The topological polar surface area (TPSA) is 55.4 Å². The van der Waals surface area contributed by atoms with Crippen molar-refractivity contribution in [1.82, 2.24) is 0 Å². The number of carbonyl (C=O) groups is 2. The maximum absolute atomic E-state index is 14.3. The maximum atomic E-state index is 14.3. The molecule has 1 atom stereocenters. The van der Waals surface area contributed by atoms with Gasteiger partial charge in [0.25, 0.3) is 5.91 Å². The minimum atomic E-state index is -1.26. The first-order valence-corrected chi connectivity index (χ1v) is 9.05. The van der Waals surface area contributed by atoms with E-state index in [0.717, 1.165) is 31.0 Å². The van der Waals surface area contributed by atoms with Crippen LogP contribution < -0.4 is 5.32 Å². The van der Waals surface area contributed by atoms with Gasteiger partial charge in [-0.15, -0.1) is 0 Å². The number of hydrogen-bond donors (Lipinski definition) is 1. The van der Waals surface area contributed by atoms with Crippen LogP contribution in [0.3, 0.4) is 0 Å². The third-order valence-electron chi connectivity index (χ3n) is 5.08. The molecule has 0 spiro atoms. The van der Waals surface area contributed by atoms with E-state index in [4.69, 9.17) is 4.74 Å². The second-order valence-electron chi connectivity index (χ2n) is 6.93. The molecule has 0 aromatic heterocycles. The summed E-state index contributed by atoms with van der Waals surface area (Å²) in [6.45, 7) is 1.33. The van der Waals surface area contributed by atoms with Crippen molar-refractivity contribution in [3.63, 3.8) is 0 Å². The third kappa shape index (κ3) is 3.88. The molecule has 0 saturated heterocycles. The highest BCUT2D eigenvalue weighted by atomic mass is 19.1. The van der Waals surface area contributed by atoms with Crippen LogP contribution in [-0.4, -0.2) is 18.0 Å². The van der Waals surface area contributed by atoms with Crippen LogP contribution in [0.2, 0.25) is 0 Å². The molecular formula is C21H20F3NO3. The van der Waals surface area contributed by atoms with E-state index in [9.17, 15) is 22.8 Å². The lowest BCUT2D eigenvalue weighted by molar-refractivity contribution is -0.159.